The van der Waals surface area contributed by atoms with Gasteiger partial charge in [-0.3, -0.25) is 0 Å². The monoisotopic (exact) mass is 239 g/mol. The van der Waals surface area contributed by atoms with Gasteiger partial charge >= 0.3 is 0 Å². The summed E-state index contributed by atoms with van der Waals surface area (Å²) in [6.45, 7) is 15.5. The fourth-order valence-electron chi connectivity index (χ4n) is 0.944. The molecule has 0 aliphatic carbocycles. The third kappa shape index (κ3) is 3.06. The van der Waals surface area contributed by atoms with Crippen molar-refractivity contribution in [2.75, 3.05) is 6.61 Å². The van der Waals surface area contributed by atoms with E-state index in [1.54, 1.807) is 12.5 Å². The first-order valence-corrected chi connectivity index (χ1v) is 8.36. The Kier molecular flexibility index (Phi) is 3.75. The van der Waals surface area contributed by atoms with E-state index in [4.69, 9.17) is 8.84 Å². The van der Waals surface area contributed by atoms with Gasteiger partial charge in [0.1, 0.15) is 6.26 Å². The Bertz CT molecular complexity index is 350. The van der Waals surface area contributed by atoms with Crippen LogP contribution >= 0.6 is 0 Å². The quantitative estimate of drug-likeness (QED) is 0.751. The fourth-order valence-corrected chi connectivity index (χ4v) is 1.91. The van der Waals surface area contributed by atoms with Crippen LogP contribution in [0.15, 0.2) is 23.5 Å². The minimum atomic E-state index is -1.71. The molecule has 0 bridgehead atoms. The maximum Gasteiger partial charge on any atom is 0.223 e. The first kappa shape index (κ1) is 13.2. The molecule has 1 heterocycles. The van der Waals surface area contributed by atoms with Crippen molar-refractivity contribution < 1.29 is 8.84 Å². The zero-order valence-electron chi connectivity index (χ0n) is 10.8. The van der Waals surface area contributed by atoms with Crippen LogP contribution in [0, 0.1) is 0 Å². The van der Waals surface area contributed by atoms with Crippen LogP contribution in [0.1, 0.15) is 26.7 Å². The van der Waals surface area contributed by atoms with Gasteiger partial charge in [0.05, 0.1) is 12.8 Å². The summed E-state index contributed by atoms with van der Waals surface area (Å²) < 4.78 is 11.2. The van der Waals surface area contributed by atoms with Crippen molar-refractivity contribution in [3.05, 3.63) is 24.9 Å². The maximum absolute atomic E-state index is 6.02. The van der Waals surface area contributed by atoms with Crippen molar-refractivity contribution in [3.63, 3.8) is 0 Å². The van der Waals surface area contributed by atoms with Gasteiger partial charge in [0, 0.05) is 5.57 Å². The summed E-state index contributed by atoms with van der Waals surface area (Å²) in [6.07, 6.45) is 3.17. The third-order valence-electron chi connectivity index (χ3n) is 3.15. The Hall–Kier alpha value is -0.873. The largest absolute Gasteiger partial charge is 0.445 e. The molecular formula is C12H21NO2Si. The summed E-state index contributed by atoms with van der Waals surface area (Å²) in [7, 11) is -1.71. The van der Waals surface area contributed by atoms with E-state index in [0.717, 1.165) is 5.57 Å². The lowest BCUT2D eigenvalue weighted by atomic mass is 10.2. The van der Waals surface area contributed by atoms with Gasteiger partial charge < -0.3 is 8.84 Å². The first-order valence-electron chi connectivity index (χ1n) is 5.45. The second kappa shape index (κ2) is 4.55. The number of hydrogen-bond acceptors (Lipinski definition) is 3. The van der Waals surface area contributed by atoms with Crippen molar-refractivity contribution in [3.8, 4) is 0 Å². The van der Waals surface area contributed by atoms with E-state index in [1.807, 2.05) is 0 Å². The van der Waals surface area contributed by atoms with Gasteiger partial charge in [0.2, 0.25) is 5.89 Å². The minimum absolute atomic E-state index is 0.212. The smallest absolute Gasteiger partial charge is 0.223 e. The normalized spacial score (nSPS) is 12.8. The van der Waals surface area contributed by atoms with Crippen LogP contribution in [-0.4, -0.2) is 19.9 Å². The predicted octanol–water partition coefficient (Wildman–Crippen LogP) is 3.71. The summed E-state index contributed by atoms with van der Waals surface area (Å²) in [5.74, 6) is 0.568. The zero-order chi connectivity index (χ0) is 12.4. The van der Waals surface area contributed by atoms with Gasteiger partial charge in [-0.25, -0.2) is 4.98 Å². The lowest BCUT2D eigenvalue weighted by Crippen LogP contribution is -2.41. The molecular weight excluding hydrogens is 218 g/mol. The molecule has 0 amide bonds. The summed E-state index contributed by atoms with van der Waals surface area (Å²) >= 11 is 0. The summed E-state index contributed by atoms with van der Waals surface area (Å²) in [5, 5.41) is 0.212. The SMILES string of the molecule is C=C(CO[Si](C)(C)C(C)(C)C)c1ncco1. The highest BCUT2D eigenvalue weighted by atomic mass is 28.4. The number of aromatic nitrogens is 1. The molecule has 0 saturated carbocycles. The van der Waals surface area contributed by atoms with E-state index in [1.165, 1.54) is 0 Å². The van der Waals surface area contributed by atoms with Crippen LogP contribution in [0.2, 0.25) is 18.1 Å². The molecule has 0 unspecified atom stereocenters. The second-order valence-electron chi connectivity index (χ2n) is 5.49. The molecule has 1 aromatic heterocycles. The Labute approximate surface area is 98.7 Å². The molecule has 4 heteroatoms. The van der Waals surface area contributed by atoms with Gasteiger partial charge in [0.15, 0.2) is 8.32 Å². The molecule has 1 aromatic rings. The number of rotatable bonds is 4. The molecule has 16 heavy (non-hydrogen) atoms. The zero-order valence-corrected chi connectivity index (χ0v) is 11.8. The molecule has 0 spiro atoms. The molecule has 0 fully saturated rings. The standard InChI is InChI=1S/C12H21NO2Si/c1-10(11-13-7-8-14-11)9-15-16(5,6)12(2,3)4/h7-8H,1,9H2,2-6H3. The van der Waals surface area contributed by atoms with Crippen molar-refractivity contribution >= 4 is 13.9 Å². The van der Waals surface area contributed by atoms with Crippen LogP contribution in [0.5, 0.6) is 0 Å². The van der Waals surface area contributed by atoms with E-state index in [2.05, 4.69) is 45.4 Å². The van der Waals surface area contributed by atoms with Crippen molar-refractivity contribution in [1.29, 1.82) is 0 Å². The molecule has 0 aliphatic heterocycles. The highest BCUT2D eigenvalue weighted by molar-refractivity contribution is 6.74. The number of hydrogen-bond donors (Lipinski definition) is 0. The maximum atomic E-state index is 6.02. The lowest BCUT2D eigenvalue weighted by molar-refractivity contribution is 0.331. The summed E-state index contributed by atoms with van der Waals surface area (Å²) in [5.41, 5.74) is 0.801. The van der Waals surface area contributed by atoms with E-state index < -0.39 is 8.32 Å². The Balaban J connectivity index is 2.56. The second-order valence-corrected chi connectivity index (χ2v) is 10.3. The Morgan fingerprint density at radius 1 is 1.50 bits per heavy atom. The van der Waals surface area contributed by atoms with Crippen molar-refractivity contribution in [1.82, 2.24) is 4.98 Å². The van der Waals surface area contributed by atoms with Crippen LogP contribution in [0.3, 0.4) is 0 Å². The van der Waals surface area contributed by atoms with Crippen LogP contribution in [0.4, 0.5) is 0 Å². The average Bonchev–Trinajstić information content (AvgIpc) is 2.65. The molecule has 90 valence electrons. The molecule has 1 rings (SSSR count). The summed E-state index contributed by atoms with van der Waals surface area (Å²) in [4.78, 5) is 4.05. The van der Waals surface area contributed by atoms with Gasteiger partial charge in [-0.15, -0.1) is 0 Å². The van der Waals surface area contributed by atoms with Crippen molar-refractivity contribution in [2.45, 2.75) is 38.9 Å². The molecule has 0 radical (unpaired) electrons. The van der Waals surface area contributed by atoms with Crippen LogP contribution in [0.25, 0.3) is 5.57 Å². The molecule has 0 N–H and O–H groups in total. The fraction of sp³-hybridized carbons (Fsp3) is 0.583. The lowest BCUT2D eigenvalue weighted by Gasteiger charge is -2.36. The van der Waals surface area contributed by atoms with E-state index in [9.17, 15) is 0 Å². The Morgan fingerprint density at radius 2 is 2.12 bits per heavy atom. The highest BCUT2D eigenvalue weighted by Gasteiger charge is 2.37. The molecule has 0 aliphatic rings. The van der Waals surface area contributed by atoms with Gasteiger partial charge in [-0.1, -0.05) is 27.4 Å². The van der Waals surface area contributed by atoms with Gasteiger partial charge in [-0.2, -0.15) is 0 Å². The van der Waals surface area contributed by atoms with E-state index in [0.29, 0.717) is 12.5 Å². The molecule has 0 saturated heterocycles. The van der Waals surface area contributed by atoms with Crippen LogP contribution < -0.4 is 0 Å². The highest BCUT2D eigenvalue weighted by Crippen LogP contribution is 2.36. The van der Waals surface area contributed by atoms with Crippen LogP contribution in [-0.2, 0) is 4.43 Å². The first-order chi connectivity index (χ1) is 7.24. The van der Waals surface area contributed by atoms with E-state index in [-0.39, 0.29) is 5.04 Å². The predicted molar refractivity (Wildman–Crippen MR) is 68.7 cm³/mol. The van der Waals surface area contributed by atoms with Gasteiger partial charge in [-0.05, 0) is 18.1 Å². The van der Waals surface area contributed by atoms with E-state index >= 15 is 0 Å². The number of oxazole rings is 1. The Morgan fingerprint density at radius 3 is 2.56 bits per heavy atom. The molecule has 0 atom stereocenters. The third-order valence-corrected chi connectivity index (χ3v) is 7.63. The topological polar surface area (TPSA) is 35.3 Å². The molecule has 0 aromatic carbocycles. The summed E-state index contributed by atoms with van der Waals surface area (Å²) in [6, 6.07) is 0. The average molecular weight is 239 g/mol. The molecule has 3 nitrogen and oxygen atoms in total. The van der Waals surface area contributed by atoms with Gasteiger partial charge in [0.25, 0.3) is 0 Å². The number of nitrogens with zero attached hydrogens (tertiary/aromatic N) is 1. The van der Waals surface area contributed by atoms with Crippen molar-refractivity contribution in [2.24, 2.45) is 0 Å². The minimum Gasteiger partial charge on any atom is -0.445 e.